The third kappa shape index (κ3) is 7.33. The molecule has 1 N–H and O–H groups in total. The number of carbonyl (C=O) groups is 1. The van der Waals surface area contributed by atoms with Gasteiger partial charge in [-0.2, -0.15) is 0 Å². The van der Waals surface area contributed by atoms with Crippen molar-refractivity contribution >= 4 is 28.9 Å². The van der Waals surface area contributed by atoms with Gasteiger partial charge in [0, 0.05) is 43.5 Å². The van der Waals surface area contributed by atoms with Crippen LogP contribution in [0.1, 0.15) is 31.7 Å². The van der Waals surface area contributed by atoms with Crippen LogP contribution in [0.5, 0.6) is 0 Å². The molecular weight excluding hydrogens is 454 g/mol. The number of halogens is 1. The Morgan fingerprint density at radius 1 is 1.06 bits per heavy atom. The van der Waals surface area contributed by atoms with E-state index in [1.54, 1.807) is 12.4 Å². The fourth-order valence-electron chi connectivity index (χ4n) is 3.52. The number of carbonyl (C=O) groups excluding carboxylic acids is 1. The summed E-state index contributed by atoms with van der Waals surface area (Å²) in [6.45, 7) is 5.98. The number of hydrogen-bond donors (Lipinski definition) is 1. The molecule has 2 aromatic heterocycles. The molecule has 3 aromatic rings. The zero-order valence-electron chi connectivity index (χ0n) is 19.2. The molecule has 0 radical (unpaired) electrons. The highest BCUT2D eigenvalue weighted by Gasteiger charge is 2.23. The molecule has 0 fully saturated rings. The average Bonchev–Trinajstić information content (AvgIpc) is 2.84. The van der Waals surface area contributed by atoms with E-state index in [4.69, 9.17) is 11.6 Å². The number of pyridine rings is 2. The van der Waals surface area contributed by atoms with Crippen molar-refractivity contribution in [3.63, 3.8) is 0 Å². The van der Waals surface area contributed by atoms with Gasteiger partial charge in [0.25, 0.3) is 5.69 Å². The molecule has 8 nitrogen and oxygen atoms in total. The van der Waals surface area contributed by atoms with Gasteiger partial charge < -0.3 is 5.32 Å². The smallest absolute Gasteiger partial charge is 0.271 e. The molecule has 178 valence electrons. The Kier molecular flexibility index (Phi) is 9.07. The van der Waals surface area contributed by atoms with Crippen molar-refractivity contribution in [2.75, 3.05) is 11.9 Å². The molecule has 2 atom stereocenters. The van der Waals surface area contributed by atoms with Gasteiger partial charge in [-0.05, 0) is 49.2 Å². The van der Waals surface area contributed by atoms with Gasteiger partial charge in [0.15, 0.2) is 0 Å². The molecule has 0 aliphatic carbocycles. The fourth-order valence-corrected chi connectivity index (χ4v) is 3.68. The molecule has 3 rings (SSSR count). The predicted molar refractivity (Wildman–Crippen MR) is 132 cm³/mol. The van der Waals surface area contributed by atoms with Gasteiger partial charge in [-0.3, -0.25) is 29.8 Å². The molecule has 2 heterocycles. The van der Waals surface area contributed by atoms with E-state index in [1.807, 2.05) is 50.2 Å². The van der Waals surface area contributed by atoms with Crippen LogP contribution in [0.3, 0.4) is 0 Å². The molecule has 0 saturated heterocycles. The molecule has 1 amide bonds. The summed E-state index contributed by atoms with van der Waals surface area (Å²) in [5.74, 6) is -0.481. The lowest BCUT2D eigenvalue weighted by molar-refractivity contribution is -0.384. The highest BCUT2D eigenvalue weighted by atomic mass is 35.5. The third-order valence-corrected chi connectivity index (χ3v) is 6.14. The van der Waals surface area contributed by atoms with Crippen LogP contribution in [-0.4, -0.2) is 32.2 Å². The lowest BCUT2D eigenvalue weighted by atomic mass is 9.91. The SMILES string of the molecule is CC(CCN(Cc1ccccn1)Cc1ccccn1)C(C)C(=O)Nc1cc([N+](=O)[O-])ccc1Cl. The number of amides is 1. The molecule has 0 aliphatic rings. The van der Waals surface area contributed by atoms with Crippen LogP contribution in [0.2, 0.25) is 5.02 Å². The van der Waals surface area contributed by atoms with Gasteiger partial charge in [-0.25, -0.2) is 0 Å². The van der Waals surface area contributed by atoms with E-state index >= 15 is 0 Å². The van der Waals surface area contributed by atoms with Crippen LogP contribution in [-0.2, 0) is 17.9 Å². The van der Waals surface area contributed by atoms with Gasteiger partial charge in [0.1, 0.15) is 0 Å². The second-order valence-electron chi connectivity index (χ2n) is 8.32. The summed E-state index contributed by atoms with van der Waals surface area (Å²) >= 11 is 6.13. The van der Waals surface area contributed by atoms with E-state index in [9.17, 15) is 14.9 Å². The van der Waals surface area contributed by atoms with Crippen LogP contribution in [0, 0.1) is 22.0 Å². The number of non-ortho nitro benzene ring substituents is 1. The fraction of sp³-hybridized carbons (Fsp3) is 0.320. The number of benzene rings is 1. The first-order valence-electron chi connectivity index (χ1n) is 11.1. The van der Waals surface area contributed by atoms with E-state index in [0.29, 0.717) is 13.1 Å². The number of nitrogens with zero attached hydrogens (tertiary/aromatic N) is 4. The maximum Gasteiger partial charge on any atom is 0.271 e. The monoisotopic (exact) mass is 481 g/mol. The molecule has 1 aromatic carbocycles. The van der Waals surface area contributed by atoms with Crippen LogP contribution < -0.4 is 5.32 Å². The van der Waals surface area contributed by atoms with Gasteiger partial charge in [0.2, 0.25) is 5.91 Å². The Balaban J connectivity index is 1.62. The van der Waals surface area contributed by atoms with Crippen LogP contribution in [0.4, 0.5) is 11.4 Å². The van der Waals surface area contributed by atoms with Crippen molar-refractivity contribution in [2.24, 2.45) is 11.8 Å². The highest BCUT2D eigenvalue weighted by molar-refractivity contribution is 6.33. The van der Waals surface area contributed by atoms with Gasteiger partial charge >= 0.3 is 0 Å². The van der Waals surface area contributed by atoms with E-state index in [0.717, 1.165) is 24.4 Å². The van der Waals surface area contributed by atoms with Crippen LogP contribution >= 0.6 is 11.6 Å². The zero-order valence-corrected chi connectivity index (χ0v) is 20.0. The Hall–Kier alpha value is -3.36. The van der Waals surface area contributed by atoms with Gasteiger partial charge in [-0.15, -0.1) is 0 Å². The van der Waals surface area contributed by atoms with E-state index in [-0.39, 0.29) is 34.1 Å². The number of rotatable bonds is 11. The zero-order chi connectivity index (χ0) is 24.5. The van der Waals surface area contributed by atoms with E-state index in [1.165, 1.54) is 18.2 Å². The van der Waals surface area contributed by atoms with Crippen molar-refractivity contribution in [1.82, 2.24) is 14.9 Å². The molecule has 0 bridgehead atoms. The Bertz CT molecular complexity index is 1060. The van der Waals surface area contributed by atoms with Crippen molar-refractivity contribution < 1.29 is 9.72 Å². The lowest BCUT2D eigenvalue weighted by Gasteiger charge is -2.25. The Morgan fingerprint density at radius 2 is 1.68 bits per heavy atom. The number of nitro benzene ring substituents is 1. The summed E-state index contributed by atoms with van der Waals surface area (Å²) in [6.07, 6.45) is 4.33. The molecular formula is C25H28ClN5O3. The first-order valence-corrected chi connectivity index (χ1v) is 11.5. The number of aromatic nitrogens is 2. The standard InChI is InChI=1S/C25H28ClN5O3/c1-18(19(2)25(32)29-24-15-22(31(33)34)9-10-23(24)26)11-14-30(16-20-7-3-5-12-27-20)17-21-8-4-6-13-28-21/h3-10,12-13,15,18-19H,11,14,16-17H2,1-2H3,(H,29,32). The summed E-state index contributed by atoms with van der Waals surface area (Å²) in [5, 5.41) is 14.0. The van der Waals surface area contributed by atoms with Crippen molar-refractivity contribution in [2.45, 2.75) is 33.4 Å². The quantitative estimate of drug-likeness (QED) is 0.293. The molecule has 34 heavy (non-hydrogen) atoms. The number of hydrogen-bond acceptors (Lipinski definition) is 6. The largest absolute Gasteiger partial charge is 0.324 e. The van der Waals surface area contributed by atoms with Crippen LogP contribution in [0.25, 0.3) is 0 Å². The molecule has 0 aliphatic heterocycles. The third-order valence-electron chi connectivity index (χ3n) is 5.81. The maximum absolute atomic E-state index is 12.8. The Morgan fingerprint density at radius 3 is 2.21 bits per heavy atom. The van der Waals surface area contributed by atoms with E-state index < -0.39 is 4.92 Å². The summed E-state index contributed by atoms with van der Waals surface area (Å²) in [4.78, 5) is 34.5. The first-order chi connectivity index (χ1) is 16.3. The molecule has 0 saturated carbocycles. The second kappa shape index (κ2) is 12.2. The molecule has 9 heteroatoms. The minimum atomic E-state index is -0.518. The van der Waals surface area contributed by atoms with Gasteiger partial charge in [-0.1, -0.05) is 37.6 Å². The summed E-state index contributed by atoms with van der Waals surface area (Å²) in [6, 6.07) is 15.7. The topological polar surface area (TPSA) is 101 Å². The highest BCUT2D eigenvalue weighted by Crippen LogP contribution is 2.28. The van der Waals surface area contributed by atoms with E-state index in [2.05, 4.69) is 20.2 Å². The molecule has 2 unspecified atom stereocenters. The summed E-state index contributed by atoms with van der Waals surface area (Å²) < 4.78 is 0. The molecule has 0 spiro atoms. The van der Waals surface area contributed by atoms with Crippen LogP contribution in [0.15, 0.2) is 67.0 Å². The maximum atomic E-state index is 12.8. The van der Waals surface area contributed by atoms with Crippen molar-refractivity contribution in [3.05, 3.63) is 93.5 Å². The average molecular weight is 482 g/mol. The van der Waals surface area contributed by atoms with Gasteiger partial charge in [0.05, 0.1) is 27.0 Å². The van der Waals surface area contributed by atoms with Crippen molar-refractivity contribution in [3.8, 4) is 0 Å². The second-order valence-corrected chi connectivity index (χ2v) is 8.73. The normalized spacial score (nSPS) is 12.8. The number of nitrogens with one attached hydrogen (secondary N) is 1. The summed E-state index contributed by atoms with van der Waals surface area (Å²) in [5.41, 5.74) is 2.06. The van der Waals surface area contributed by atoms with Crippen molar-refractivity contribution in [1.29, 1.82) is 0 Å². The lowest BCUT2D eigenvalue weighted by Crippen LogP contribution is -2.30. The first kappa shape index (κ1) is 25.3. The predicted octanol–water partition coefficient (Wildman–Crippen LogP) is 5.34. The summed E-state index contributed by atoms with van der Waals surface area (Å²) in [7, 11) is 0. The number of nitro groups is 1. The number of anilines is 1. The minimum absolute atomic E-state index is 0.0624. The Labute approximate surface area is 204 Å². The minimum Gasteiger partial charge on any atom is -0.324 e.